The highest BCUT2D eigenvalue weighted by Crippen LogP contribution is 2.54. The molecule has 0 aromatic carbocycles. The number of thiophene rings is 1. The number of hydrogen-bond donors (Lipinski definition) is 1. The first-order valence-corrected chi connectivity index (χ1v) is 9.27. The zero-order valence-corrected chi connectivity index (χ0v) is 14.9. The summed E-state index contributed by atoms with van der Waals surface area (Å²) in [5, 5.41) is 39.9. The van der Waals surface area contributed by atoms with Gasteiger partial charge in [0.05, 0.1) is 23.9 Å². The second-order valence-electron chi connectivity index (χ2n) is 6.57. The van der Waals surface area contributed by atoms with Crippen LogP contribution >= 0.6 is 11.3 Å². The molecule has 0 amide bonds. The highest BCUT2D eigenvalue weighted by atomic mass is 32.1. The zero-order chi connectivity index (χ0) is 18.0. The molecule has 1 aliphatic heterocycles. The standard InChI is InChI=1S/C19H19N5S/c1-2-6-24-7-5-13-14(9-20)18(23)19(11-21,12-22)17(15(13)10-24)16-4-3-8-25-16/h3-5,8,14-15,17,23H,2,6-7,10H2,1H3/t14?,15-,17+/m1/s1. The first kappa shape index (κ1) is 17.4. The van der Waals surface area contributed by atoms with Crippen LogP contribution in [0.15, 0.2) is 29.2 Å². The van der Waals surface area contributed by atoms with Gasteiger partial charge in [-0.05, 0) is 30.0 Å². The van der Waals surface area contributed by atoms with E-state index in [1.807, 2.05) is 23.6 Å². The van der Waals surface area contributed by atoms with Crippen molar-refractivity contribution in [1.82, 2.24) is 4.90 Å². The maximum atomic E-state index is 9.90. The highest BCUT2D eigenvalue weighted by Gasteiger charge is 2.58. The van der Waals surface area contributed by atoms with Crippen molar-refractivity contribution in [3.05, 3.63) is 34.0 Å². The predicted molar refractivity (Wildman–Crippen MR) is 95.9 cm³/mol. The van der Waals surface area contributed by atoms with Gasteiger partial charge in [0.25, 0.3) is 0 Å². The maximum Gasteiger partial charge on any atom is 0.190 e. The molecule has 1 aromatic heterocycles. The number of nitrogens with one attached hydrogen (secondary N) is 1. The largest absolute Gasteiger partial charge is 0.305 e. The number of hydrogen-bond acceptors (Lipinski definition) is 6. The van der Waals surface area contributed by atoms with Gasteiger partial charge < -0.3 is 5.41 Å². The molecule has 3 rings (SSSR count). The second kappa shape index (κ2) is 6.81. The Bertz CT molecular complexity index is 803. The lowest BCUT2D eigenvalue weighted by atomic mass is 9.55. The molecule has 126 valence electrons. The summed E-state index contributed by atoms with van der Waals surface area (Å²) in [5.41, 5.74) is -0.730. The Balaban J connectivity index is 2.18. The Labute approximate surface area is 151 Å². The van der Waals surface area contributed by atoms with Crippen LogP contribution in [0.3, 0.4) is 0 Å². The molecule has 3 atom stereocenters. The van der Waals surface area contributed by atoms with E-state index in [9.17, 15) is 15.8 Å². The van der Waals surface area contributed by atoms with E-state index in [4.69, 9.17) is 5.41 Å². The Morgan fingerprint density at radius 2 is 2.12 bits per heavy atom. The van der Waals surface area contributed by atoms with E-state index >= 15 is 0 Å². The molecule has 1 unspecified atom stereocenters. The average Bonchev–Trinajstić information content (AvgIpc) is 3.15. The van der Waals surface area contributed by atoms with Gasteiger partial charge in [0.15, 0.2) is 5.41 Å². The topological polar surface area (TPSA) is 98.5 Å². The van der Waals surface area contributed by atoms with E-state index < -0.39 is 17.3 Å². The van der Waals surface area contributed by atoms with Crippen molar-refractivity contribution in [2.45, 2.75) is 19.3 Å². The number of fused-ring (bicyclic) bond motifs is 1. The van der Waals surface area contributed by atoms with E-state index in [-0.39, 0.29) is 11.6 Å². The molecule has 0 bridgehead atoms. The lowest BCUT2D eigenvalue weighted by molar-refractivity contribution is 0.206. The van der Waals surface area contributed by atoms with Gasteiger partial charge in [0.2, 0.25) is 0 Å². The quantitative estimate of drug-likeness (QED) is 0.846. The van der Waals surface area contributed by atoms with Gasteiger partial charge in [0, 0.05) is 29.8 Å². The van der Waals surface area contributed by atoms with Crippen molar-refractivity contribution in [2.75, 3.05) is 19.6 Å². The lowest BCUT2D eigenvalue weighted by Gasteiger charge is -2.47. The number of nitrogens with zero attached hydrogens (tertiary/aromatic N) is 4. The van der Waals surface area contributed by atoms with E-state index in [1.54, 1.807) is 0 Å². The highest BCUT2D eigenvalue weighted by molar-refractivity contribution is 7.10. The van der Waals surface area contributed by atoms with E-state index in [0.29, 0.717) is 0 Å². The van der Waals surface area contributed by atoms with E-state index in [1.165, 1.54) is 11.3 Å². The molecule has 5 nitrogen and oxygen atoms in total. The van der Waals surface area contributed by atoms with Gasteiger partial charge in [-0.15, -0.1) is 11.3 Å². The van der Waals surface area contributed by atoms with Gasteiger partial charge in [-0.25, -0.2) is 0 Å². The Kier molecular flexibility index (Phi) is 4.73. The fourth-order valence-corrected chi connectivity index (χ4v) is 5.10. The van der Waals surface area contributed by atoms with Gasteiger partial charge in [0.1, 0.15) is 5.92 Å². The van der Waals surface area contributed by atoms with Crippen LogP contribution in [0.25, 0.3) is 0 Å². The molecule has 0 saturated heterocycles. The molecule has 1 saturated carbocycles. The van der Waals surface area contributed by atoms with Crippen LogP contribution in [-0.2, 0) is 0 Å². The van der Waals surface area contributed by atoms with Crippen molar-refractivity contribution in [1.29, 1.82) is 21.2 Å². The average molecular weight is 349 g/mol. The number of rotatable bonds is 3. The molecule has 0 radical (unpaired) electrons. The summed E-state index contributed by atoms with van der Waals surface area (Å²) in [6.07, 6.45) is 3.07. The molecular formula is C19H19N5S. The van der Waals surface area contributed by atoms with Crippen molar-refractivity contribution in [2.24, 2.45) is 17.3 Å². The van der Waals surface area contributed by atoms with Crippen LogP contribution in [0.1, 0.15) is 24.1 Å². The van der Waals surface area contributed by atoms with Crippen molar-refractivity contribution in [3.8, 4) is 18.2 Å². The van der Waals surface area contributed by atoms with E-state index in [0.717, 1.165) is 36.5 Å². The Morgan fingerprint density at radius 3 is 2.68 bits per heavy atom. The summed E-state index contributed by atoms with van der Waals surface area (Å²) in [4.78, 5) is 3.25. The first-order chi connectivity index (χ1) is 12.1. The molecule has 1 N–H and O–H groups in total. The minimum atomic E-state index is -1.58. The second-order valence-corrected chi connectivity index (χ2v) is 7.55. The van der Waals surface area contributed by atoms with Crippen molar-refractivity contribution >= 4 is 17.0 Å². The fourth-order valence-electron chi connectivity index (χ4n) is 4.14. The minimum Gasteiger partial charge on any atom is -0.305 e. The van der Waals surface area contributed by atoms with Gasteiger partial charge >= 0.3 is 0 Å². The van der Waals surface area contributed by atoms with Gasteiger partial charge in [-0.3, -0.25) is 4.90 Å². The molecule has 2 heterocycles. The summed E-state index contributed by atoms with van der Waals surface area (Å²) in [6, 6.07) is 10.3. The summed E-state index contributed by atoms with van der Waals surface area (Å²) in [5.74, 6) is -1.26. The maximum absolute atomic E-state index is 9.90. The van der Waals surface area contributed by atoms with Gasteiger partial charge in [-0.2, -0.15) is 15.8 Å². The summed E-state index contributed by atoms with van der Waals surface area (Å²) < 4.78 is 0. The van der Waals surface area contributed by atoms with Crippen LogP contribution in [0, 0.1) is 56.7 Å². The Hall–Kier alpha value is -2.46. The molecule has 1 aromatic rings. The third-order valence-electron chi connectivity index (χ3n) is 5.26. The normalized spacial score (nSPS) is 28.2. The molecule has 6 heteroatoms. The zero-order valence-electron chi connectivity index (χ0n) is 14.1. The lowest BCUT2D eigenvalue weighted by Crippen LogP contribution is -2.52. The number of nitriles is 3. The van der Waals surface area contributed by atoms with Crippen LogP contribution in [0.4, 0.5) is 0 Å². The summed E-state index contributed by atoms with van der Waals surface area (Å²) >= 11 is 1.52. The first-order valence-electron chi connectivity index (χ1n) is 8.39. The monoisotopic (exact) mass is 349 g/mol. The SMILES string of the molecule is CCCN1CC=C2C(C#N)C(=N)C(C#N)(C#N)[C@H](c3cccs3)[C@@H]2C1. The smallest absolute Gasteiger partial charge is 0.190 e. The minimum absolute atomic E-state index is 0.0650. The fraction of sp³-hybridized carbons (Fsp3) is 0.474. The third kappa shape index (κ3) is 2.57. The summed E-state index contributed by atoms with van der Waals surface area (Å²) in [6.45, 7) is 4.55. The molecule has 25 heavy (non-hydrogen) atoms. The van der Waals surface area contributed by atoms with Crippen LogP contribution in [0.2, 0.25) is 0 Å². The van der Waals surface area contributed by atoms with Crippen LogP contribution < -0.4 is 0 Å². The predicted octanol–water partition coefficient (Wildman–Crippen LogP) is 3.31. The Morgan fingerprint density at radius 1 is 1.36 bits per heavy atom. The molecule has 0 spiro atoms. The van der Waals surface area contributed by atoms with E-state index in [2.05, 4.69) is 30.0 Å². The molecule has 1 fully saturated rings. The third-order valence-corrected chi connectivity index (χ3v) is 6.21. The molecule has 2 aliphatic rings. The molecular weight excluding hydrogens is 330 g/mol. The van der Waals surface area contributed by atoms with Crippen molar-refractivity contribution < 1.29 is 0 Å². The van der Waals surface area contributed by atoms with Crippen molar-refractivity contribution in [3.63, 3.8) is 0 Å². The molecule has 1 aliphatic carbocycles. The van der Waals surface area contributed by atoms with Crippen LogP contribution in [-0.4, -0.2) is 30.2 Å². The summed E-state index contributed by atoms with van der Waals surface area (Å²) in [7, 11) is 0. The van der Waals surface area contributed by atoms with Crippen LogP contribution in [0.5, 0.6) is 0 Å². The van der Waals surface area contributed by atoms with Gasteiger partial charge in [-0.1, -0.05) is 19.1 Å².